The molecular formula is C30H36N4O2. The van der Waals surface area contributed by atoms with Crippen molar-refractivity contribution in [2.75, 3.05) is 32.8 Å². The van der Waals surface area contributed by atoms with Crippen molar-refractivity contribution in [3.05, 3.63) is 90.0 Å². The van der Waals surface area contributed by atoms with Gasteiger partial charge in [-0.15, -0.1) is 0 Å². The molecule has 2 aromatic heterocycles. The topological polar surface area (TPSA) is 58.6 Å². The van der Waals surface area contributed by atoms with E-state index in [4.69, 9.17) is 4.74 Å². The molecule has 3 aromatic rings. The molecule has 5 rings (SSSR count). The lowest BCUT2D eigenvalue weighted by Gasteiger charge is -2.45. The summed E-state index contributed by atoms with van der Waals surface area (Å²) in [5.41, 5.74) is 3.53. The number of nitrogens with zero attached hydrogens (tertiary/aromatic N) is 4. The summed E-state index contributed by atoms with van der Waals surface area (Å²) in [5.74, 6) is 1.15. The molecule has 6 nitrogen and oxygen atoms in total. The summed E-state index contributed by atoms with van der Waals surface area (Å²) in [6.45, 7) is 5.07. The van der Waals surface area contributed by atoms with Crippen LogP contribution in [0.3, 0.4) is 0 Å². The summed E-state index contributed by atoms with van der Waals surface area (Å²) >= 11 is 0. The van der Waals surface area contributed by atoms with E-state index in [0.29, 0.717) is 6.61 Å². The molecule has 1 amide bonds. The molecule has 0 radical (unpaired) electrons. The molecule has 0 aliphatic carbocycles. The van der Waals surface area contributed by atoms with Crippen LogP contribution in [0.5, 0.6) is 5.75 Å². The Labute approximate surface area is 214 Å². The van der Waals surface area contributed by atoms with Crippen molar-refractivity contribution >= 4 is 5.91 Å². The molecule has 6 heteroatoms. The Hall–Kier alpha value is -3.25. The fraction of sp³-hybridized carbons (Fsp3) is 0.433. The average molecular weight is 485 g/mol. The van der Waals surface area contributed by atoms with Gasteiger partial charge in [-0.2, -0.15) is 0 Å². The Balaban J connectivity index is 1.32. The minimum atomic E-state index is 0.124. The number of likely N-dealkylation sites (tertiary alicyclic amines) is 1. The molecule has 0 unspecified atom stereocenters. The van der Waals surface area contributed by atoms with E-state index in [1.54, 1.807) is 12.4 Å². The summed E-state index contributed by atoms with van der Waals surface area (Å²) in [4.78, 5) is 25.9. The maximum atomic E-state index is 13.1. The van der Waals surface area contributed by atoms with Crippen molar-refractivity contribution in [2.24, 2.45) is 5.41 Å². The highest BCUT2D eigenvalue weighted by Crippen LogP contribution is 2.39. The largest absolute Gasteiger partial charge is 0.492 e. The van der Waals surface area contributed by atoms with Crippen LogP contribution in [0.15, 0.2) is 73.3 Å². The summed E-state index contributed by atoms with van der Waals surface area (Å²) in [6, 6.07) is 16.3. The smallest absolute Gasteiger partial charge is 0.253 e. The first-order chi connectivity index (χ1) is 17.7. The predicted molar refractivity (Wildman–Crippen MR) is 141 cm³/mol. The molecule has 2 aliphatic heterocycles. The van der Waals surface area contributed by atoms with Gasteiger partial charge in [0.15, 0.2) is 0 Å². The monoisotopic (exact) mass is 484 g/mol. The number of hydrogen-bond acceptors (Lipinski definition) is 5. The van der Waals surface area contributed by atoms with E-state index in [-0.39, 0.29) is 11.3 Å². The van der Waals surface area contributed by atoms with Gasteiger partial charge in [0.25, 0.3) is 5.91 Å². The summed E-state index contributed by atoms with van der Waals surface area (Å²) in [5, 5.41) is 0. The van der Waals surface area contributed by atoms with Crippen LogP contribution in [-0.2, 0) is 13.0 Å². The molecule has 0 N–H and O–H groups in total. The van der Waals surface area contributed by atoms with Crippen LogP contribution in [0.1, 0.15) is 53.6 Å². The molecule has 0 atom stereocenters. The Bertz CT molecular complexity index is 1110. The van der Waals surface area contributed by atoms with Gasteiger partial charge >= 0.3 is 0 Å². The summed E-state index contributed by atoms with van der Waals surface area (Å²) < 4.78 is 6.29. The number of amides is 1. The number of piperidine rings is 1. The van der Waals surface area contributed by atoms with Crippen molar-refractivity contribution in [3.8, 4) is 5.75 Å². The van der Waals surface area contributed by atoms with Gasteiger partial charge in [-0.05, 0) is 79.0 Å². The molecular weight excluding hydrogens is 448 g/mol. The highest BCUT2D eigenvalue weighted by atomic mass is 16.5. The molecule has 1 aromatic carbocycles. The molecule has 1 saturated heterocycles. The third-order valence-corrected chi connectivity index (χ3v) is 7.79. The van der Waals surface area contributed by atoms with Crippen molar-refractivity contribution in [3.63, 3.8) is 0 Å². The van der Waals surface area contributed by atoms with Crippen LogP contribution in [0, 0.1) is 5.41 Å². The number of carbonyl (C=O) groups is 1. The Morgan fingerprint density at radius 3 is 2.36 bits per heavy atom. The van der Waals surface area contributed by atoms with E-state index < -0.39 is 0 Å². The maximum Gasteiger partial charge on any atom is 0.253 e. The van der Waals surface area contributed by atoms with Crippen molar-refractivity contribution in [2.45, 2.75) is 45.1 Å². The van der Waals surface area contributed by atoms with Crippen LogP contribution in [0.2, 0.25) is 0 Å². The fourth-order valence-corrected chi connectivity index (χ4v) is 5.73. The lowest BCUT2D eigenvalue weighted by molar-refractivity contribution is 0.0361. The number of rotatable bonds is 3. The number of pyridine rings is 2. The second-order valence-corrected chi connectivity index (χ2v) is 10.3. The van der Waals surface area contributed by atoms with E-state index in [1.165, 1.54) is 24.0 Å². The molecule has 2 aliphatic rings. The van der Waals surface area contributed by atoms with Gasteiger partial charge in [0.05, 0.1) is 0 Å². The third-order valence-electron chi connectivity index (χ3n) is 7.79. The van der Waals surface area contributed by atoms with Gasteiger partial charge in [0, 0.05) is 63.1 Å². The average Bonchev–Trinajstić information content (AvgIpc) is 2.92. The van der Waals surface area contributed by atoms with Gasteiger partial charge in [0.2, 0.25) is 0 Å². The first kappa shape index (κ1) is 24.4. The van der Waals surface area contributed by atoms with Gasteiger partial charge in [-0.25, -0.2) is 0 Å². The molecule has 0 bridgehead atoms. The van der Waals surface area contributed by atoms with Crippen LogP contribution in [0.4, 0.5) is 0 Å². The molecule has 1 spiro atoms. The van der Waals surface area contributed by atoms with Gasteiger partial charge in [-0.3, -0.25) is 19.7 Å². The Morgan fingerprint density at radius 2 is 1.58 bits per heavy atom. The van der Waals surface area contributed by atoms with E-state index in [9.17, 15) is 4.79 Å². The molecule has 4 heterocycles. The molecule has 36 heavy (non-hydrogen) atoms. The molecule has 188 valence electrons. The van der Waals surface area contributed by atoms with Crippen molar-refractivity contribution in [1.82, 2.24) is 19.8 Å². The van der Waals surface area contributed by atoms with Gasteiger partial charge in [-0.1, -0.05) is 24.6 Å². The second-order valence-electron chi connectivity index (χ2n) is 10.3. The van der Waals surface area contributed by atoms with E-state index >= 15 is 0 Å². The summed E-state index contributed by atoms with van der Waals surface area (Å²) in [7, 11) is 0. The number of fused-ring (bicyclic) bond motifs is 1. The lowest BCUT2D eigenvalue weighted by atomic mass is 9.73. The van der Waals surface area contributed by atoms with Crippen LogP contribution < -0.4 is 4.74 Å². The minimum Gasteiger partial charge on any atom is -0.492 e. The van der Waals surface area contributed by atoms with Crippen molar-refractivity contribution in [1.29, 1.82) is 0 Å². The van der Waals surface area contributed by atoms with Crippen LogP contribution >= 0.6 is 0 Å². The maximum absolute atomic E-state index is 13.1. The lowest BCUT2D eigenvalue weighted by Crippen LogP contribution is -2.48. The first-order valence-corrected chi connectivity index (χ1v) is 13.2. The van der Waals surface area contributed by atoms with Gasteiger partial charge < -0.3 is 9.64 Å². The second kappa shape index (κ2) is 11.7. The number of aryl methyl sites for hydroxylation is 1. The van der Waals surface area contributed by atoms with E-state index in [0.717, 1.165) is 69.7 Å². The SMILES string of the molecule is O=C(c1ccncc1)N1CCC2(CCCCc3ccccc3OCCN(Cc3ccncc3)C2)CC1. The van der Waals surface area contributed by atoms with Crippen LogP contribution in [0.25, 0.3) is 0 Å². The number of ether oxygens (including phenoxy) is 1. The fourth-order valence-electron chi connectivity index (χ4n) is 5.73. The minimum absolute atomic E-state index is 0.124. The zero-order valence-electron chi connectivity index (χ0n) is 21.0. The quantitative estimate of drug-likeness (QED) is 0.523. The standard InChI is InChI=1S/C30H36N4O2/c35-29(27-10-17-32-18-11-27)34-19-13-30(14-20-34)12-4-3-6-26-5-1-2-7-28(26)36-22-21-33(24-30)23-25-8-15-31-16-9-25/h1-2,5,7-11,15-18H,3-4,6,12-14,19-24H2. The molecule has 0 saturated carbocycles. The van der Waals surface area contributed by atoms with Crippen molar-refractivity contribution < 1.29 is 9.53 Å². The highest BCUT2D eigenvalue weighted by Gasteiger charge is 2.37. The highest BCUT2D eigenvalue weighted by molar-refractivity contribution is 5.94. The Morgan fingerprint density at radius 1 is 0.861 bits per heavy atom. The zero-order valence-corrected chi connectivity index (χ0v) is 21.0. The number of benzene rings is 1. The number of aromatic nitrogens is 2. The normalized spacial score (nSPS) is 18.9. The summed E-state index contributed by atoms with van der Waals surface area (Å²) in [6.07, 6.45) is 13.8. The molecule has 1 fully saturated rings. The van der Waals surface area contributed by atoms with E-state index in [2.05, 4.69) is 51.3 Å². The first-order valence-electron chi connectivity index (χ1n) is 13.2. The van der Waals surface area contributed by atoms with Gasteiger partial charge in [0.1, 0.15) is 12.4 Å². The Kier molecular flexibility index (Phi) is 7.91. The number of carbonyl (C=O) groups excluding carboxylic acids is 1. The van der Waals surface area contributed by atoms with Crippen LogP contribution in [-0.4, -0.2) is 58.5 Å². The number of para-hydroxylation sites is 1. The van der Waals surface area contributed by atoms with E-state index in [1.807, 2.05) is 29.4 Å². The predicted octanol–water partition coefficient (Wildman–Crippen LogP) is 5.01. The number of hydrogen-bond donors (Lipinski definition) is 0. The zero-order chi connectivity index (χ0) is 24.6. The third kappa shape index (κ3) is 6.11.